The Balaban J connectivity index is 1.38. The van der Waals surface area contributed by atoms with E-state index in [4.69, 9.17) is 5.10 Å². The molecule has 3 fully saturated rings. The van der Waals surface area contributed by atoms with Gasteiger partial charge in [-0.15, -0.1) is 0 Å². The number of nitrogens with zero attached hydrogens (tertiary/aromatic N) is 4. The first-order chi connectivity index (χ1) is 12.6. The van der Waals surface area contributed by atoms with E-state index < -0.39 is 0 Å². The van der Waals surface area contributed by atoms with Crippen LogP contribution in [0.4, 0.5) is 5.82 Å². The quantitative estimate of drug-likeness (QED) is 0.836. The molecule has 3 heterocycles. The third-order valence-electron chi connectivity index (χ3n) is 6.92. The number of aromatic nitrogens is 2. The van der Waals surface area contributed by atoms with Gasteiger partial charge in [0.15, 0.2) is 0 Å². The van der Waals surface area contributed by atoms with Gasteiger partial charge < -0.3 is 4.90 Å². The lowest BCUT2D eigenvalue weighted by Gasteiger charge is -2.47. The molecule has 1 aromatic rings. The molecule has 0 bridgehead atoms. The summed E-state index contributed by atoms with van der Waals surface area (Å²) in [5, 5.41) is 4.79. The summed E-state index contributed by atoms with van der Waals surface area (Å²) < 4.78 is 2.14. The molecule has 0 radical (unpaired) electrons. The predicted octanol–water partition coefficient (Wildman–Crippen LogP) is 2.46. The lowest BCUT2D eigenvalue weighted by Crippen LogP contribution is -2.56. The van der Waals surface area contributed by atoms with Gasteiger partial charge in [-0.25, -0.2) is 4.68 Å². The van der Waals surface area contributed by atoms with Crippen LogP contribution in [0.1, 0.15) is 57.1 Å². The maximum atomic E-state index is 13.0. The molecule has 2 aliphatic heterocycles. The number of hydrogen-bond donors (Lipinski definition) is 0. The molecule has 1 spiro atoms. The van der Waals surface area contributed by atoms with Gasteiger partial charge in [0.1, 0.15) is 5.82 Å². The Morgan fingerprint density at radius 2 is 1.96 bits per heavy atom. The van der Waals surface area contributed by atoms with E-state index in [0.29, 0.717) is 18.2 Å². The van der Waals surface area contributed by atoms with Crippen LogP contribution in [0.3, 0.4) is 0 Å². The zero-order valence-corrected chi connectivity index (χ0v) is 15.6. The molecule has 4 aliphatic rings. The van der Waals surface area contributed by atoms with Gasteiger partial charge in [0.2, 0.25) is 11.8 Å². The number of carbonyl (C=O) groups excluding carboxylic acids is 2. The minimum absolute atomic E-state index is 0.239. The Bertz CT molecular complexity index is 739. The second-order valence-corrected chi connectivity index (χ2v) is 8.86. The zero-order chi connectivity index (χ0) is 17.9. The number of hydrogen-bond acceptors (Lipinski definition) is 3. The van der Waals surface area contributed by atoms with Crippen LogP contribution in [0.25, 0.3) is 0 Å². The number of fused-ring (bicyclic) bond motifs is 2. The number of anilines is 1. The van der Waals surface area contributed by atoms with Crippen molar-refractivity contribution in [1.82, 2.24) is 14.7 Å². The number of carbonyl (C=O) groups is 2. The first kappa shape index (κ1) is 16.3. The summed E-state index contributed by atoms with van der Waals surface area (Å²) in [7, 11) is 0. The second-order valence-electron chi connectivity index (χ2n) is 8.86. The van der Waals surface area contributed by atoms with Crippen LogP contribution in [-0.4, -0.2) is 46.1 Å². The average molecular weight is 356 g/mol. The number of amides is 2. The van der Waals surface area contributed by atoms with Gasteiger partial charge in [-0.1, -0.05) is 6.42 Å². The van der Waals surface area contributed by atoms with Crippen molar-refractivity contribution in [3.8, 4) is 0 Å². The minimum atomic E-state index is -0.239. The molecule has 0 unspecified atom stereocenters. The van der Waals surface area contributed by atoms with Crippen molar-refractivity contribution in [2.75, 3.05) is 24.5 Å². The fraction of sp³-hybridized carbons (Fsp3) is 0.750. The van der Waals surface area contributed by atoms with E-state index in [2.05, 4.69) is 10.7 Å². The Kier molecular flexibility index (Phi) is 3.66. The summed E-state index contributed by atoms with van der Waals surface area (Å²) in [6, 6.07) is 2.06. The van der Waals surface area contributed by atoms with Gasteiger partial charge in [0, 0.05) is 31.6 Å². The summed E-state index contributed by atoms with van der Waals surface area (Å²) in [6.07, 6.45) is 7.97. The summed E-state index contributed by atoms with van der Waals surface area (Å²) >= 11 is 0. The predicted molar refractivity (Wildman–Crippen MR) is 97.8 cm³/mol. The van der Waals surface area contributed by atoms with E-state index in [1.807, 2.05) is 16.7 Å². The van der Waals surface area contributed by atoms with Gasteiger partial charge in [-0.05, 0) is 51.4 Å². The zero-order valence-electron chi connectivity index (χ0n) is 15.6. The lowest BCUT2D eigenvalue weighted by molar-refractivity contribution is -0.140. The normalized spacial score (nSPS) is 25.3. The van der Waals surface area contributed by atoms with Crippen molar-refractivity contribution < 1.29 is 9.59 Å². The maximum Gasteiger partial charge on any atom is 0.230 e. The Morgan fingerprint density at radius 3 is 2.58 bits per heavy atom. The molecular weight excluding hydrogens is 328 g/mol. The Labute approximate surface area is 154 Å². The third kappa shape index (κ3) is 2.57. The van der Waals surface area contributed by atoms with E-state index in [-0.39, 0.29) is 17.4 Å². The minimum Gasteiger partial charge on any atom is -0.342 e. The third-order valence-corrected chi connectivity index (χ3v) is 6.92. The van der Waals surface area contributed by atoms with Gasteiger partial charge >= 0.3 is 0 Å². The molecule has 0 atom stereocenters. The Morgan fingerprint density at radius 1 is 1.23 bits per heavy atom. The highest BCUT2D eigenvalue weighted by Crippen LogP contribution is 2.43. The largest absolute Gasteiger partial charge is 0.342 e. The van der Waals surface area contributed by atoms with Crippen LogP contribution in [0, 0.1) is 18.8 Å². The molecule has 1 aromatic heterocycles. The SMILES string of the molecule is Cc1cc2n(n1)C1(CCN(C(=O)C3CCC3)CC1)CC(=O)N2CC1CC1. The van der Waals surface area contributed by atoms with Crippen LogP contribution in [0.15, 0.2) is 6.07 Å². The molecule has 6 heteroatoms. The van der Waals surface area contributed by atoms with Crippen molar-refractivity contribution in [2.45, 2.75) is 63.8 Å². The summed E-state index contributed by atoms with van der Waals surface area (Å²) in [6.45, 7) is 4.35. The summed E-state index contributed by atoms with van der Waals surface area (Å²) in [4.78, 5) is 29.6. The molecule has 0 aromatic carbocycles. The lowest BCUT2D eigenvalue weighted by atomic mass is 9.80. The molecule has 140 valence electrons. The molecule has 6 nitrogen and oxygen atoms in total. The van der Waals surface area contributed by atoms with Gasteiger partial charge in [0.25, 0.3) is 0 Å². The fourth-order valence-electron chi connectivity index (χ4n) is 4.81. The van der Waals surface area contributed by atoms with Gasteiger partial charge in [-0.3, -0.25) is 14.5 Å². The molecule has 2 amide bonds. The highest BCUT2D eigenvalue weighted by molar-refractivity contribution is 5.95. The number of piperidine rings is 1. The first-order valence-corrected chi connectivity index (χ1v) is 10.2. The van der Waals surface area contributed by atoms with Gasteiger partial charge in [0.05, 0.1) is 17.7 Å². The topological polar surface area (TPSA) is 58.4 Å². The highest BCUT2D eigenvalue weighted by atomic mass is 16.2. The average Bonchev–Trinajstić information content (AvgIpc) is 3.30. The molecule has 2 aliphatic carbocycles. The van der Waals surface area contributed by atoms with Crippen LogP contribution >= 0.6 is 0 Å². The standard InChI is InChI=1S/C20H28N4O2/c1-14-11-17-23(13-15-5-6-15)18(25)12-20(24(17)21-14)7-9-22(10-8-20)19(26)16-3-2-4-16/h11,15-16H,2-10,12-13H2,1H3. The monoisotopic (exact) mass is 356 g/mol. The fourth-order valence-corrected chi connectivity index (χ4v) is 4.81. The summed E-state index contributed by atoms with van der Waals surface area (Å²) in [5.74, 6) is 2.47. The molecular formula is C20H28N4O2. The van der Waals surface area contributed by atoms with E-state index in [1.165, 1.54) is 19.3 Å². The van der Waals surface area contributed by atoms with E-state index in [0.717, 1.165) is 56.8 Å². The van der Waals surface area contributed by atoms with E-state index in [9.17, 15) is 9.59 Å². The van der Waals surface area contributed by atoms with E-state index >= 15 is 0 Å². The molecule has 26 heavy (non-hydrogen) atoms. The van der Waals surface area contributed by atoms with Crippen LogP contribution < -0.4 is 4.90 Å². The highest BCUT2D eigenvalue weighted by Gasteiger charge is 2.47. The molecule has 5 rings (SSSR count). The van der Waals surface area contributed by atoms with Crippen LogP contribution in [-0.2, 0) is 15.1 Å². The van der Waals surface area contributed by atoms with Crippen molar-refractivity contribution in [3.63, 3.8) is 0 Å². The van der Waals surface area contributed by atoms with Crippen molar-refractivity contribution in [1.29, 1.82) is 0 Å². The van der Waals surface area contributed by atoms with Crippen LogP contribution in [0.2, 0.25) is 0 Å². The van der Waals surface area contributed by atoms with Crippen molar-refractivity contribution in [3.05, 3.63) is 11.8 Å². The Hall–Kier alpha value is -1.85. The van der Waals surface area contributed by atoms with Crippen molar-refractivity contribution in [2.24, 2.45) is 11.8 Å². The smallest absolute Gasteiger partial charge is 0.230 e. The molecule has 0 N–H and O–H groups in total. The summed E-state index contributed by atoms with van der Waals surface area (Å²) in [5.41, 5.74) is 0.736. The molecule has 2 saturated carbocycles. The number of rotatable bonds is 3. The first-order valence-electron chi connectivity index (χ1n) is 10.2. The maximum absolute atomic E-state index is 13.0. The van der Waals surface area contributed by atoms with Crippen molar-refractivity contribution >= 4 is 17.6 Å². The number of aryl methyl sites for hydroxylation is 1. The molecule has 1 saturated heterocycles. The van der Waals surface area contributed by atoms with Crippen LogP contribution in [0.5, 0.6) is 0 Å². The number of likely N-dealkylation sites (tertiary alicyclic amines) is 1. The van der Waals surface area contributed by atoms with E-state index in [1.54, 1.807) is 0 Å². The van der Waals surface area contributed by atoms with Gasteiger partial charge in [-0.2, -0.15) is 5.10 Å². The second kappa shape index (κ2) is 5.83.